The monoisotopic (exact) mass is 174 g/mol. The lowest BCUT2D eigenvalue weighted by Crippen LogP contribution is -1.98. The molecule has 0 aliphatic heterocycles. The normalized spacial score (nSPS) is 16.6. The lowest BCUT2D eigenvalue weighted by atomic mass is 10.3. The van der Waals surface area contributed by atoms with Crippen molar-refractivity contribution in [3.8, 4) is 0 Å². The number of fused-ring (bicyclic) bond motifs is 1. The van der Waals surface area contributed by atoms with Gasteiger partial charge < -0.3 is 5.73 Å². The van der Waals surface area contributed by atoms with Gasteiger partial charge in [-0.1, -0.05) is 0 Å². The van der Waals surface area contributed by atoms with Crippen molar-refractivity contribution in [1.29, 1.82) is 0 Å². The van der Waals surface area contributed by atoms with Crippen LogP contribution in [-0.2, 0) is 0 Å². The summed E-state index contributed by atoms with van der Waals surface area (Å²) >= 11 is 0. The van der Waals surface area contributed by atoms with E-state index < -0.39 is 0 Å². The Balaban J connectivity index is 2.31. The lowest BCUT2D eigenvalue weighted by Gasteiger charge is -2.00. The zero-order chi connectivity index (χ0) is 8.84. The van der Waals surface area contributed by atoms with Gasteiger partial charge in [0.25, 0.3) is 0 Å². The standard InChI is InChI=1S/C9H10N4/c10-8-5-9-11-4-3-7(6-1-2-6)13(9)12-8/h3-6H,1-2H2,(H2,10,12). The number of anilines is 1. The summed E-state index contributed by atoms with van der Waals surface area (Å²) in [6, 6.07) is 3.82. The summed E-state index contributed by atoms with van der Waals surface area (Å²) in [5, 5.41) is 4.21. The maximum absolute atomic E-state index is 5.61. The summed E-state index contributed by atoms with van der Waals surface area (Å²) in [6.07, 6.45) is 4.35. The van der Waals surface area contributed by atoms with Crippen molar-refractivity contribution in [2.75, 3.05) is 5.73 Å². The summed E-state index contributed by atoms with van der Waals surface area (Å²) in [6.45, 7) is 0. The van der Waals surface area contributed by atoms with E-state index in [1.165, 1.54) is 18.5 Å². The van der Waals surface area contributed by atoms with E-state index in [9.17, 15) is 0 Å². The molecule has 4 nitrogen and oxygen atoms in total. The van der Waals surface area contributed by atoms with Gasteiger partial charge in [-0.05, 0) is 18.9 Å². The Morgan fingerprint density at radius 1 is 1.46 bits per heavy atom. The quantitative estimate of drug-likeness (QED) is 0.706. The number of nitrogens with two attached hydrogens (primary N) is 1. The van der Waals surface area contributed by atoms with Gasteiger partial charge in [0.2, 0.25) is 0 Å². The van der Waals surface area contributed by atoms with Crippen LogP contribution in [0.3, 0.4) is 0 Å². The van der Waals surface area contributed by atoms with E-state index in [0.717, 1.165) is 5.65 Å². The molecule has 0 bridgehead atoms. The second-order valence-corrected chi connectivity index (χ2v) is 3.48. The van der Waals surface area contributed by atoms with E-state index in [1.807, 2.05) is 16.8 Å². The van der Waals surface area contributed by atoms with Crippen molar-refractivity contribution in [1.82, 2.24) is 14.6 Å². The highest BCUT2D eigenvalue weighted by Crippen LogP contribution is 2.39. The molecule has 0 unspecified atom stereocenters. The van der Waals surface area contributed by atoms with Gasteiger partial charge in [0.1, 0.15) is 5.82 Å². The summed E-state index contributed by atoms with van der Waals surface area (Å²) in [5.41, 5.74) is 7.69. The molecule has 1 aliphatic rings. The van der Waals surface area contributed by atoms with Gasteiger partial charge in [0.05, 0.1) is 0 Å². The fourth-order valence-electron chi connectivity index (χ4n) is 1.62. The number of nitrogen functional groups attached to an aromatic ring is 1. The Morgan fingerprint density at radius 2 is 2.31 bits per heavy atom. The summed E-state index contributed by atoms with van der Waals surface area (Å²) in [4.78, 5) is 4.19. The minimum absolute atomic E-state index is 0.542. The molecule has 1 saturated carbocycles. The van der Waals surface area contributed by atoms with Gasteiger partial charge in [-0.3, -0.25) is 0 Å². The van der Waals surface area contributed by atoms with Crippen LogP contribution in [-0.4, -0.2) is 14.6 Å². The number of hydrogen-bond donors (Lipinski definition) is 1. The third-order valence-corrected chi connectivity index (χ3v) is 2.40. The van der Waals surface area contributed by atoms with Gasteiger partial charge in [-0.2, -0.15) is 0 Å². The van der Waals surface area contributed by atoms with Crippen molar-refractivity contribution in [3.63, 3.8) is 0 Å². The van der Waals surface area contributed by atoms with Crippen molar-refractivity contribution in [2.45, 2.75) is 18.8 Å². The number of rotatable bonds is 1. The van der Waals surface area contributed by atoms with E-state index in [0.29, 0.717) is 11.7 Å². The Kier molecular flexibility index (Phi) is 1.17. The van der Waals surface area contributed by atoms with Crippen molar-refractivity contribution in [2.24, 2.45) is 0 Å². The fourth-order valence-corrected chi connectivity index (χ4v) is 1.62. The smallest absolute Gasteiger partial charge is 0.157 e. The average molecular weight is 174 g/mol. The van der Waals surface area contributed by atoms with Crippen LogP contribution in [0.25, 0.3) is 5.65 Å². The molecule has 0 amide bonds. The highest BCUT2D eigenvalue weighted by atomic mass is 15.3. The molecule has 66 valence electrons. The van der Waals surface area contributed by atoms with E-state index in [2.05, 4.69) is 10.1 Å². The molecule has 1 fully saturated rings. The zero-order valence-corrected chi connectivity index (χ0v) is 7.14. The Morgan fingerprint density at radius 3 is 3.08 bits per heavy atom. The van der Waals surface area contributed by atoms with E-state index >= 15 is 0 Å². The van der Waals surface area contributed by atoms with Gasteiger partial charge >= 0.3 is 0 Å². The fraction of sp³-hybridized carbons (Fsp3) is 0.333. The van der Waals surface area contributed by atoms with Crippen LogP contribution in [0, 0.1) is 0 Å². The molecule has 13 heavy (non-hydrogen) atoms. The second kappa shape index (κ2) is 2.22. The first kappa shape index (κ1) is 6.88. The third-order valence-electron chi connectivity index (χ3n) is 2.40. The minimum Gasteiger partial charge on any atom is -0.382 e. The van der Waals surface area contributed by atoms with Crippen LogP contribution in [0.4, 0.5) is 5.82 Å². The second-order valence-electron chi connectivity index (χ2n) is 3.48. The SMILES string of the molecule is Nc1cc2nccc(C3CC3)n2n1. The molecular weight excluding hydrogens is 164 g/mol. The molecule has 1 aliphatic carbocycles. The molecule has 0 radical (unpaired) electrons. The van der Waals surface area contributed by atoms with Crippen molar-refractivity contribution in [3.05, 3.63) is 24.0 Å². The van der Waals surface area contributed by atoms with Crippen LogP contribution < -0.4 is 5.73 Å². The average Bonchev–Trinajstić information content (AvgIpc) is 2.86. The molecule has 0 saturated heterocycles. The maximum Gasteiger partial charge on any atom is 0.157 e. The molecule has 4 heteroatoms. The summed E-state index contributed by atoms with van der Waals surface area (Å²) < 4.78 is 1.85. The lowest BCUT2D eigenvalue weighted by molar-refractivity contribution is 0.846. The molecular formula is C9H10N4. The van der Waals surface area contributed by atoms with Crippen molar-refractivity contribution >= 4 is 11.5 Å². The minimum atomic E-state index is 0.542. The molecule has 0 atom stereocenters. The summed E-state index contributed by atoms with van der Waals surface area (Å²) in [5.74, 6) is 1.21. The Labute approximate surface area is 75.4 Å². The first-order valence-corrected chi connectivity index (χ1v) is 4.45. The third kappa shape index (κ3) is 0.983. The Hall–Kier alpha value is -1.58. The molecule has 2 heterocycles. The van der Waals surface area contributed by atoms with Crippen molar-refractivity contribution < 1.29 is 0 Å². The predicted octanol–water partition coefficient (Wildman–Crippen LogP) is 1.19. The highest BCUT2D eigenvalue weighted by Gasteiger charge is 2.26. The van der Waals surface area contributed by atoms with E-state index in [4.69, 9.17) is 5.73 Å². The van der Waals surface area contributed by atoms with Crippen LogP contribution in [0.5, 0.6) is 0 Å². The first-order chi connectivity index (χ1) is 6.34. The first-order valence-electron chi connectivity index (χ1n) is 4.45. The van der Waals surface area contributed by atoms with E-state index in [-0.39, 0.29) is 0 Å². The van der Waals surface area contributed by atoms with Crippen LogP contribution in [0.15, 0.2) is 18.3 Å². The topological polar surface area (TPSA) is 56.2 Å². The molecule has 0 spiro atoms. The van der Waals surface area contributed by atoms with E-state index in [1.54, 1.807) is 6.07 Å². The van der Waals surface area contributed by atoms with Gasteiger partial charge in [-0.25, -0.2) is 9.50 Å². The number of aromatic nitrogens is 3. The molecule has 0 aromatic carbocycles. The maximum atomic E-state index is 5.61. The molecule has 2 aromatic rings. The van der Waals surface area contributed by atoms with Crippen LogP contribution in [0.2, 0.25) is 0 Å². The van der Waals surface area contributed by atoms with Gasteiger partial charge in [-0.15, -0.1) is 5.10 Å². The number of nitrogens with zero attached hydrogens (tertiary/aromatic N) is 3. The molecule has 2 aromatic heterocycles. The van der Waals surface area contributed by atoms with Crippen LogP contribution >= 0.6 is 0 Å². The van der Waals surface area contributed by atoms with Gasteiger partial charge in [0.15, 0.2) is 5.65 Å². The highest BCUT2D eigenvalue weighted by molar-refractivity contribution is 5.48. The Bertz CT molecular complexity index is 456. The van der Waals surface area contributed by atoms with Gasteiger partial charge in [0, 0.05) is 23.9 Å². The van der Waals surface area contributed by atoms with Crippen LogP contribution in [0.1, 0.15) is 24.5 Å². The zero-order valence-electron chi connectivity index (χ0n) is 7.14. The molecule has 3 rings (SSSR count). The molecule has 2 N–H and O–H groups in total. The number of hydrogen-bond acceptors (Lipinski definition) is 3. The largest absolute Gasteiger partial charge is 0.382 e. The predicted molar refractivity (Wildman–Crippen MR) is 49.4 cm³/mol. The summed E-state index contributed by atoms with van der Waals surface area (Å²) in [7, 11) is 0.